The van der Waals surface area contributed by atoms with Crippen molar-refractivity contribution in [2.75, 3.05) is 27.4 Å². The van der Waals surface area contributed by atoms with Gasteiger partial charge >= 0.3 is 35.5 Å². The zero-order valence-corrected chi connectivity index (χ0v) is 24.5. The first-order chi connectivity index (χ1) is 15.8. The van der Waals surface area contributed by atoms with Crippen molar-refractivity contribution in [1.82, 2.24) is 19.1 Å². The molecule has 0 aliphatic carbocycles. The van der Waals surface area contributed by atoms with Gasteiger partial charge in [-0.15, -0.1) is 22.7 Å². The van der Waals surface area contributed by atoms with Gasteiger partial charge in [0.15, 0.2) is 11.3 Å². The number of aromatic carboxylic acids is 1. The van der Waals surface area contributed by atoms with Crippen LogP contribution in [0.15, 0.2) is 11.0 Å². The molecule has 36 heavy (non-hydrogen) atoms. The molecule has 0 amide bonds. The van der Waals surface area contributed by atoms with Gasteiger partial charge in [0.25, 0.3) is 0 Å². The van der Waals surface area contributed by atoms with Crippen LogP contribution in [0.2, 0.25) is 0 Å². The van der Waals surface area contributed by atoms with Crippen LogP contribution < -0.4 is 29.6 Å². The average Bonchev–Trinajstić information content (AvgIpc) is 3.49. The Morgan fingerprint density at radius 3 is 1.92 bits per heavy atom. The van der Waals surface area contributed by atoms with Gasteiger partial charge in [-0.25, -0.2) is 14.8 Å². The van der Waals surface area contributed by atoms with E-state index in [1.165, 1.54) is 22.7 Å². The number of methoxy groups -OCH3 is 2. The first kappa shape index (κ1) is 34.2. The monoisotopic (exact) mass is 545 g/mol. The summed E-state index contributed by atoms with van der Waals surface area (Å²) in [5, 5.41) is 18.4. The molecule has 4 aromatic rings. The SMILES string of the molecule is C.COCC(C)n1c(C)c(C#N)c2scnc21.COCC(C)n1c(C)c(C(=O)O)c2scnc21.[Na+].[OH-]. The van der Waals surface area contributed by atoms with Crippen molar-refractivity contribution in [3.63, 3.8) is 0 Å². The van der Waals surface area contributed by atoms with Crippen LogP contribution in [0.25, 0.3) is 20.7 Å². The Hall–Kier alpha value is -1.82. The molecule has 0 fully saturated rings. The number of thiazole rings is 2. The molecule has 0 aliphatic heterocycles. The Kier molecular flexibility index (Phi) is 14.1. The second-order valence-corrected chi connectivity index (χ2v) is 9.41. The van der Waals surface area contributed by atoms with Gasteiger partial charge < -0.3 is 29.2 Å². The molecule has 2 N–H and O–H groups in total. The average molecular weight is 546 g/mol. The molecule has 0 saturated carbocycles. The molecule has 0 bridgehead atoms. The van der Waals surface area contributed by atoms with Crippen molar-refractivity contribution in [2.24, 2.45) is 0 Å². The first-order valence-corrected chi connectivity index (χ1v) is 12.0. The summed E-state index contributed by atoms with van der Waals surface area (Å²) in [6, 6.07) is 2.51. The second-order valence-electron chi connectivity index (χ2n) is 7.70. The van der Waals surface area contributed by atoms with Crippen LogP contribution in [0.4, 0.5) is 0 Å². The van der Waals surface area contributed by atoms with E-state index in [0.717, 1.165) is 37.6 Å². The van der Waals surface area contributed by atoms with Crippen molar-refractivity contribution < 1.29 is 54.4 Å². The van der Waals surface area contributed by atoms with Crippen molar-refractivity contribution in [3.8, 4) is 6.07 Å². The minimum Gasteiger partial charge on any atom is -0.870 e. The molecule has 0 spiro atoms. The van der Waals surface area contributed by atoms with Gasteiger partial charge in [-0.1, -0.05) is 7.43 Å². The summed E-state index contributed by atoms with van der Waals surface area (Å²) in [5.74, 6) is -0.903. The van der Waals surface area contributed by atoms with Gasteiger partial charge in [-0.05, 0) is 27.7 Å². The molecule has 192 valence electrons. The molecular formula is C23H32N5NaO5S2. The third-order valence-corrected chi connectivity index (χ3v) is 7.14. The summed E-state index contributed by atoms with van der Waals surface area (Å²) in [4.78, 5) is 19.8. The molecule has 2 atom stereocenters. The summed E-state index contributed by atoms with van der Waals surface area (Å²) in [6.07, 6.45) is 0. The minimum absolute atomic E-state index is 0. The van der Waals surface area contributed by atoms with Crippen LogP contribution in [0.5, 0.6) is 0 Å². The fourth-order valence-corrected chi connectivity index (χ4v) is 5.84. The number of fused-ring (bicyclic) bond motifs is 2. The van der Waals surface area contributed by atoms with Crippen LogP contribution in [-0.4, -0.2) is 63.1 Å². The number of nitriles is 1. The summed E-state index contributed by atoms with van der Waals surface area (Å²) in [6.45, 7) is 8.97. The van der Waals surface area contributed by atoms with E-state index in [1.807, 2.05) is 25.3 Å². The number of hydrogen-bond acceptors (Lipinski definition) is 9. The molecule has 4 aromatic heterocycles. The van der Waals surface area contributed by atoms with Crippen molar-refractivity contribution in [2.45, 2.75) is 47.2 Å². The van der Waals surface area contributed by atoms with Crippen molar-refractivity contribution >= 4 is 49.3 Å². The van der Waals surface area contributed by atoms with E-state index in [1.54, 1.807) is 25.2 Å². The number of rotatable bonds is 7. The van der Waals surface area contributed by atoms with Gasteiger partial charge in [0.1, 0.15) is 6.07 Å². The predicted octanol–water partition coefficient (Wildman–Crippen LogP) is 2.26. The molecule has 10 nitrogen and oxygen atoms in total. The Bertz CT molecular complexity index is 1320. The smallest absolute Gasteiger partial charge is 0.870 e. The minimum atomic E-state index is -0.903. The fraction of sp³-hybridized carbons (Fsp3) is 0.478. The number of nitrogens with zero attached hydrogens (tertiary/aromatic N) is 5. The third kappa shape index (κ3) is 6.35. The maximum Gasteiger partial charge on any atom is 1.00 e. The van der Waals surface area contributed by atoms with Crippen LogP contribution >= 0.6 is 22.7 Å². The van der Waals surface area contributed by atoms with E-state index in [9.17, 15) is 9.90 Å². The van der Waals surface area contributed by atoms with E-state index in [0.29, 0.717) is 18.8 Å². The summed E-state index contributed by atoms with van der Waals surface area (Å²) < 4.78 is 16.0. The van der Waals surface area contributed by atoms with Crippen molar-refractivity contribution in [1.29, 1.82) is 5.26 Å². The molecule has 4 heterocycles. The fourth-order valence-electron chi connectivity index (χ4n) is 4.15. The number of aromatic nitrogens is 4. The zero-order chi connectivity index (χ0) is 24.3. The number of ether oxygens (including phenoxy) is 2. The first-order valence-electron chi connectivity index (χ1n) is 10.3. The summed E-state index contributed by atoms with van der Waals surface area (Å²) in [7, 11) is 3.31. The number of carboxylic acids is 1. The van der Waals surface area contributed by atoms with E-state index < -0.39 is 5.97 Å². The normalized spacial score (nSPS) is 11.9. The molecule has 0 saturated heterocycles. The molecule has 4 rings (SSSR count). The third-order valence-electron chi connectivity index (χ3n) is 5.48. The van der Waals surface area contributed by atoms with E-state index >= 15 is 0 Å². The number of hydrogen-bond donors (Lipinski definition) is 1. The molecule has 0 aliphatic rings. The predicted molar refractivity (Wildman–Crippen MR) is 138 cm³/mol. The van der Waals surface area contributed by atoms with Crippen molar-refractivity contribution in [3.05, 3.63) is 33.5 Å². The Labute approximate surface area is 241 Å². The van der Waals surface area contributed by atoms with E-state index in [-0.39, 0.29) is 54.5 Å². The Morgan fingerprint density at radius 2 is 1.47 bits per heavy atom. The summed E-state index contributed by atoms with van der Waals surface area (Å²) >= 11 is 2.87. The summed E-state index contributed by atoms with van der Waals surface area (Å²) in [5.41, 5.74) is 7.87. The van der Waals surface area contributed by atoms with Gasteiger partial charge in [0.2, 0.25) is 0 Å². The maximum atomic E-state index is 11.3. The van der Waals surface area contributed by atoms with Crippen LogP contribution in [0, 0.1) is 25.2 Å². The second kappa shape index (κ2) is 14.8. The van der Waals surface area contributed by atoms with E-state index in [2.05, 4.69) is 27.5 Å². The van der Waals surface area contributed by atoms with Gasteiger partial charge in [0.05, 0.1) is 56.8 Å². The van der Waals surface area contributed by atoms with Gasteiger partial charge in [-0.2, -0.15) is 5.26 Å². The van der Waals surface area contributed by atoms with E-state index in [4.69, 9.17) is 14.7 Å². The number of carboxylic acid groups (broad SMARTS) is 1. The Morgan fingerprint density at radius 1 is 1.03 bits per heavy atom. The maximum absolute atomic E-state index is 11.3. The molecule has 0 radical (unpaired) electrons. The molecule has 0 aromatic carbocycles. The molecule has 13 heteroatoms. The quantitative estimate of drug-likeness (QED) is 0.348. The zero-order valence-electron chi connectivity index (χ0n) is 20.9. The molecular weight excluding hydrogens is 513 g/mol. The van der Waals surface area contributed by atoms with Gasteiger partial charge in [-0.3, -0.25) is 0 Å². The number of carbonyl (C=O) groups is 1. The van der Waals surface area contributed by atoms with Gasteiger partial charge in [0, 0.05) is 25.6 Å². The Balaban J connectivity index is 0.000000629. The van der Waals surface area contributed by atoms with Crippen LogP contribution in [0.1, 0.15) is 60.7 Å². The van der Waals surface area contributed by atoms with Crippen LogP contribution in [0.3, 0.4) is 0 Å². The topological polar surface area (TPSA) is 145 Å². The van der Waals surface area contributed by atoms with Crippen LogP contribution in [-0.2, 0) is 9.47 Å². The molecule has 2 unspecified atom stereocenters. The standard InChI is InChI=1S/C11H13N3OS.C11H14N2O3S.CH4.Na.H2O/c1-7(5-15-3)14-8(2)9(4-12)10-11(14)13-6-16-10;1-6(4-16-3)13-7(2)8(11(14)15)9-10(13)12-5-17-9;;;/h6-7H,5H2,1-3H3;5-6H,4H2,1-3H3,(H,14,15);1H4;;1H2/q;;;+1;/p-1. The largest absolute Gasteiger partial charge is 1.00 e.